The molecule has 0 spiro atoms. The summed E-state index contributed by atoms with van der Waals surface area (Å²) in [6, 6.07) is 1.38. The number of nitrogens with zero attached hydrogens (tertiary/aromatic N) is 3. The largest absolute Gasteiger partial charge is 0.477 e. The molecule has 21 heavy (non-hydrogen) atoms. The molecule has 1 aliphatic rings. The van der Waals surface area contributed by atoms with Gasteiger partial charge in [0.05, 0.1) is 19.3 Å². The van der Waals surface area contributed by atoms with Crippen molar-refractivity contribution in [2.45, 2.75) is 17.3 Å². The van der Waals surface area contributed by atoms with Crippen LogP contribution in [0.5, 0.6) is 0 Å². The third-order valence-electron chi connectivity index (χ3n) is 3.59. The fourth-order valence-corrected chi connectivity index (χ4v) is 2.92. The summed E-state index contributed by atoms with van der Waals surface area (Å²) in [5, 5.41) is 10.8. The zero-order chi connectivity index (χ0) is 15.0. The number of methoxy groups -OCH3 is 1. The molecule has 2 aromatic rings. The van der Waals surface area contributed by atoms with Gasteiger partial charge in [-0.15, -0.1) is 0 Å². The van der Waals surface area contributed by atoms with Crippen molar-refractivity contribution in [2.75, 3.05) is 26.6 Å². The molecule has 1 N–H and O–H groups in total. The van der Waals surface area contributed by atoms with Crippen LogP contribution >= 0.6 is 11.8 Å². The van der Waals surface area contributed by atoms with Gasteiger partial charge < -0.3 is 19.1 Å². The van der Waals surface area contributed by atoms with Crippen LogP contribution in [0.4, 0.5) is 0 Å². The Morgan fingerprint density at radius 1 is 1.57 bits per heavy atom. The number of ether oxygens (including phenoxy) is 2. The van der Waals surface area contributed by atoms with E-state index in [1.54, 1.807) is 23.9 Å². The highest BCUT2D eigenvalue weighted by molar-refractivity contribution is 7.98. The molecule has 0 saturated carbocycles. The molecular formula is C13H15N3O4S. The zero-order valence-corrected chi connectivity index (χ0v) is 12.5. The van der Waals surface area contributed by atoms with E-state index in [9.17, 15) is 9.90 Å². The predicted molar refractivity (Wildman–Crippen MR) is 76.9 cm³/mol. The van der Waals surface area contributed by atoms with Crippen molar-refractivity contribution in [1.29, 1.82) is 0 Å². The maximum atomic E-state index is 11.5. The Balaban J connectivity index is 2.21. The molecule has 7 nitrogen and oxygen atoms in total. The standard InChI is InChI=1S/C13H15N3O4S/c1-19-10-6-20-5-9(10)16-8(12(17)18)3-7-4-14-13(21-2)15-11(7)16/h3-4,9-10H,5-6H2,1-2H3,(H,17,18)/t9-,10+/m1/s1. The van der Waals surface area contributed by atoms with Gasteiger partial charge in [-0.2, -0.15) is 0 Å². The van der Waals surface area contributed by atoms with Crippen LogP contribution in [-0.4, -0.2) is 58.3 Å². The van der Waals surface area contributed by atoms with Crippen LogP contribution < -0.4 is 0 Å². The molecule has 0 aliphatic carbocycles. The van der Waals surface area contributed by atoms with Crippen LogP contribution in [0.25, 0.3) is 11.0 Å². The molecule has 0 radical (unpaired) electrons. The van der Waals surface area contributed by atoms with Gasteiger partial charge >= 0.3 is 5.97 Å². The van der Waals surface area contributed by atoms with Crippen molar-refractivity contribution >= 4 is 28.8 Å². The van der Waals surface area contributed by atoms with E-state index in [0.29, 0.717) is 29.4 Å². The Morgan fingerprint density at radius 2 is 2.38 bits per heavy atom. The Kier molecular flexibility index (Phi) is 3.83. The summed E-state index contributed by atoms with van der Waals surface area (Å²) in [5.41, 5.74) is 0.777. The van der Waals surface area contributed by atoms with Crippen molar-refractivity contribution in [3.05, 3.63) is 18.0 Å². The summed E-state index contributed by atoms with van der Waals surface area (Å²) < 4.78 is 12.5. The first-order chi connectivity index (χ1) is 10.2. The quantitative estimate of drug-likeness (QED) is 0.675. The van der Waals surface area contributed by atoms with Crippen molar-refractivity contribution < 1.29 is 19.4 Å². The molecule has 1 saturated heterocycles. The SMILES string of the molecule is CO[C@H]1COC[C@H]1n1c(C(=O)O)cc2cnc(SC)nc21. The lowest BCUT2D eigenvalue weighted by Crippen LogP contribution is -2.27. The predicted octanol–water partition coefficient (Wildman–Crippen LogP) is 1.44. The van der Waals surface area contributed by atoms with E-state index in [2.05, 4.69) is 9.97 Å². The Hall–Kier alpha value is -1.64. The number of aromatic carboxylic acids is 1. The van der Waals surface area contributed by atoms with E-state index in [-0.39, 0.29) is 17.8 Å². The van der Waals surface area contributed by atoms with Gasteiger partial charge in [0.2, 0.25) is 0 Å². The van der Waals surface area contributed by atoms with E-state index in [4.69, 9.17) is 9.47 Å². The first kappa shape index (κ1) is 14.3. The number of carboxylic acids is 1. The van der Waals surface area contributed by atoms with E-state index < -0.39 is 5.97 Å². The van der Waals surface area contributed by atoms with E-state index in [1.165, 1.54) is 11.8 Å². The van der Waals surface area contributed by atoms with Crippen LogP contribution in [0, 0.1) is 0 Å². The van der Waals surface area contributed by atoms with Crippen molar-refractivity contribution in [3.8, 4) is 0 Å². The lowest BCUT2D eigenvalue weighted by atomic mass is 10.2. The maximum absolute atomic E-state index is 11.5. The number of hydrogen-bond acceptors (Lipinski definition) is 6. The number of fused-ring (bicyclic) bond motifs is 1. The van der Waals surface area contributed by atoms with Gasteiger partial charge in [-0.3, -0.25) is 0 Å². The molecule has 0 aromatic carbocycles. The highest BCUT2D eigenvalue weighted by Crippen LogP contribution is 2.30. The minimum absolute atomic E-state index is 0.176. The molecule has 0 unspecified atom stereocenters. The lowest BCUT2D eigenvalue weighted by molar-refractivity contribution is 0.0628. The molecule has 0 bridgehead atoms. The summed E-state index contributed by atoms with van der Waals surface area (Å²) in [7, 11) is 1.60. The monoisotopic (exact) mass is 309 g/mol. The lowest BCUT2D eigenvalue weighted by Gasteiger charge is -2.20. The summed E-state index contributed by atoms with van der Waals surface area (Å²) in [4.78, 5) is 20.2. The number of carbonyl (C=O) groups is 1. The second-order valence-corrected chi connectivity index (χ2v) is 5.49. The maximum Gasteiger partial charge on any atom is 0.352 e. The fourth-order valence-electron chi connectivity index (χ4n) is 2.58. The van der Waals surface area contributed by atoms with Gasteiger partial charge in [0.1, 0.15) is 17.4 Å². The summed E-state index contributed by atoms with van der Waals surface area (Å²) >= 11 is 1.41. The number of hydrogen-bond donors (Lipinski definition) is 1. The van der Waals surface area contributed by atoms with Crippen molar-refractivity contribution in [1.82, 2.24) is 14.5 Å². The Labute approximate surface area is 125 Å². The van der Waals surface area contributed by atoms with Crippen molar-refractivity contribution in [3.63, 3.8) is 0 Å². The summed E-state index contributed by atoms with van der Waals surface area (Å²) in [6.45, 7) is 0.849. The van der Waals surface area contributed by atoms with E-state index in [0.717, 1.165) is 0 Å². The van der Waals surface area contributed by atoms with E-state index in [1.807, 2.05) is 6.26 Å². The first-order valence-corrected chi connectivity index (χ1v) is 7.64. The molecule has 2 aromatic heterocycles. The van der Waals surface area contributed by atoms with Gasteiger partial charge in [0, 0.05) is 18.7 Å². The Morgan fingerprint density at radius 3 is 3.05 bits per heavy atom. The second-order valence-electron chi connectivity index (χ2n) is 4.72. The average Bonchev–Trinajstić information content (AvgIpc) is 3.09. The van der Waals surface area contributed by atoms with Crippen LogP contribution in [-0.2, 0) is 9.47 Å². The molecule has 112 valence electrons. The molecular weight excluding hydrogens is 294 g/mol. The van der Waals surface area contributed by atoms with Gasteiger partial charge in [0.25, 0.3) is 0 Å². The number of rotatable bonds is 4. The summed E-state index contributed by atoms with van der Waals surface area (Å²) in [5.74, 6) is -1.000. The van der Waals surface area contributed by atoms with Gasteiger partial charge in [-0.1, -0.05) is 11.8 Å². The van der Waals surface area contributed by atoms with Crippen LogP contribution in [0.1, 0.15) is 16.5 Å². The van der Waals surface area contributed by atoms with Crippen LogP contribution in [0.2, 0.25) is 0 Å². The second kappa shape index (κ2) is 5.63. The number of aromatic nitrogens is 3. The molecule has 1 fully saturated rings. The topological polar surface area (TPSA) is 86.5 Å². The van der Waals surface area contributed by atoms with Gasteiger partial charge in [-0.25, -0.2) is 14.8 Å². The fraction of sp³-hybridized carbons (Fsp3) is 0.462. The first-order valence-electron chi connectivity index (χ1n) is 6.41. The molecule has 0 amide bonds. The minimum atomic E-state index is -1.000. The average molecular weight is 309 g/mol. The highest BCUT2D eigenvalue weighted by atomic mass is 32.2. The van der Waals surface area contributed by atoms with Gasteiger partial charge in [0.15, 0.2) is 5.16 Å². The van der Waals surface area contributed by atoms with Crippen molar-refractivity contribution in [2.24, 2.45) is 0 Å². The third kappa shape index (κ3) is 2.39. The minimum Gasteiger partial charge on any atom is -0.477 e. The number of thioether (sulfide) groups is 1. The molecule has 3 rings (SSSR count). The van der Waals surface area contributed by atoms with E-state index >= 15 is 0 Å². The zero-order valence-electron chi connectivity index (χ0n) is 11.6. The molecule has 3 heterocycles. The molecule has 1 aliphatic heterocycles. The highest BCUT2D eigenvalue weighted by Gasteiger charge is 2.34. The summed E-state index contributed by atoms with van der Waals surface area (Å²) in [6.07, 6.45) is 3.34. The Bertz CT molecular complexity index is 687. The number of carboxylic acid groups (broad SMARTS) is 1. The van der Waals surface area contributed by atoms with Gasteiger partial charge in [-0.05, 0) is 12.3 Å². The molecule has 8 heteroatoms. The smallest absolute Gasteiger partial charge is 0.352 e. The van der Waals surface area contributed by atoms with Crippen LogP contribution in [0.3, 0.4) is 0 Å². The third-order valence-corrected chi connectivity index (χ3v) is 4.15. The molecule has 2 atom stereocenters. The van der Waals surface area contributed by atoms with Crippen LogP contribution in [0.15, 0.2) is 17.4 Å². The normalized spacial score (nSPS) is 22.0.